The standard InChI is InChI=1S/C19H34O3/c1-5-11-22-18(20)14-19(21)10-9-17(13-19)12-16(4)8-6-7-15(2)3/h13,15-16,21H,5-12,14H2,1-4H3. The number of rotatable bonds is 10. The summed E-state index contributed by atoms with van der Waals surface area (Å²) in [6, 6.07) is 0. The van der Waals surface area contributed by atoms with Crippen molar-refractivity contribution in [1.29, 1.82) is 0 Å². The predicted octanol–water partition coefficient (Wildman–Crippen LogP) is 4.63. The zero-order valence-corrected chi connectivity index (χ0v) is 14.9. The molecule has 1 N–H and O–H groups in total. The first-order chi connectivity index (χ1) is 10.3. The van der Waals surface area contributed by atoms with Gasteiger partial charge < -0.3 is 9.84 Å². The largest absolute Gasteiger partial charge is 0.466 e. The Kier molecular flexibility index (Phi) is 8.16. The van der Waals surface area contributed by atoms with E-state index in [0.29, 0.717) is 18.9 Å². The van der Waals surface area contributed by atoms with E-state index in [1.165, 1.54) is 24.8 Å². The normalized spacial score (nSPS) is 22.7. The van der Waals surface area contributed by atoms with Crippen molar-refractivity contribution in [2.24, 2.45) is 11.8 Å². The maximum Gasteiger partial charge on any atom is 0.309 e. The fourth-order valence-electron chi connectivity index (χ4n) is 3.14. The zero-order valence-electron chi connectivity index (χ0n) is 14.9. The summed E-state index contributed by atoms with van der Waals surface area (Å²) in [4.78, 5) is 11.7. The van der Waals surface area contributed by atoms with Gasteiger partial charge in [0.05, 0.1) is 18.6 Å². The van der Waals surface area contributed by atoms with Gasteiger partial charge in [-0.25, -0.2) is 0 Å². The molecule has 0 aromatic heterocycles. The lowest BCUT2D eigenvalue weighted by Crippen LogP contribution is -2.28. The number of carbonyl (C=O) groups is 1. The molecule has 3 nitrogen and oxygen atoms in total. The van der Waals surface area contributed by atoms with Gasteiger partial charge in [-0.2, -0.15) is 0 Å². The molecule has 0 saturated carbocycles. The Balaban J connectivity index is 2.38. The Labute approximate surface area is 136 Å². The van der Waals surface area contributed by atoms with Crippen molar-refractivity contribution < 1.29 is 14.6 Å². The molecule has 0 heterocycles. The van der Waals surface area contributed by atoms with Gasteiger partial charge >= 0.3 is 5.97 Å². The van der Waals surface area contributed by atoms with E-state index >= 15 is 0 Å². The topological polar surface area (TPSA) is 46.5 Å². The fraction of sp³-hybridized carbons (Fsp3) is 0.842. The summed E-state index contributed by atoms with van der Waals surface area (Å²) in [7, 11) is 0. The van der Waals surface area contributed by atoms with Crippen LogP contribution in [0.3, 0.4) is 0 Å². The zero-order chi connectivity index (χ0) is 16.6. The minimum atomic E-state index is -0.974. The summed E-state index contributed by atoms with van der Waals surface area (Å²) < 4.78 is 5.08. The van der Waals surface area contributed by atoms with Gasteiger partial charge in [0.1, 0.15) is 0 Å². The molecule has 1 rings (SSSR count). The van der Waals surface area contributed by atoms with Crippen LogP contribution in [-0.4, -0.2) is 23.3 Å². The lowest BCUT2D eigenvalue weighted by molar-refractivity contribution is -0.147. The number of esters is 1. The molecule has 0 aromatic rings. The molecule has 22 heavy (non-hydrogen) atoms. The van der Waals surface area contributed by atoms with E-state index in [9.17, 15) is 9.90 Å². The van der Waals surface area contributed by atoms with Crippen molar-refractivity contribution in [1.82, 2.24) is 0 Å². The second-order valence-corrected chi connectivity index (χ2v) is 7.44. The van der Waals surface area contributed by atoms with Gasteiger partial charge in [-0.05, 0) is 37.5 Å². The lowest BCUT2D eigenvalue weighted by atomic mass is 9.94. The maximum absolute atomic E-state index is 11.7. The first kappa shape index (κ1) is 19.2. The van der Waals surface area contributed by atoms with Gasteiger partial charge in [0.25, 0.3) is 0 Å². The second kappa shape index (κ2) is 9.34. The first-order valence-electron chi connectivity index (χ1n) is 8.93. The molecule has 0 spiro atoms. The number of hydrogen-bond donors (Lipinski definition) is 1. The van der Waals surface area contributed by atoms with Crippen molar-refractivity contribution in [3.63, 3.8) is 0 Å². The van der Waals surface area contributed by atoms with Gasteiger partial charge in [0.2, 0.25) is 0 Å². The molecule has 0 bridgehead atoms. The SMILES string of the molecule is CCCOC(=O)CC1(O)C=C(CC(C)CCCC(C)C)CC1. The van der Waals surface area contributed by atoms with Crippen LogP contribution in [0, 0.1) is 11.8 Å². The number of aliphatic hydroxyl groups is 1. The van der Waals surface area contributed by atoms with Crippen LogP contribution < -0.4 is 0 Å². The smallest absolute Gasteiger partial charge is 0.309 e. The quantitative estimate of drug-likeness (QED) is 0.472. The molecular weight excluding hydrogens is 276 g/mol. The summed E-state index contributed by atoms with van der Waals surface area (Å²) in [5.41, 5.74) is 0.334. The fourth-order valence-corrected chi connectivity index (χ4v) is 3.14. The molecule has 0 aromatic carbocycles. The van der Waals surface area contributed by atoms with E-state index in [2.05, 4.69) is 20.8 Å². The minimum Gasteiger partial charge on any atom is -0.466 e. The number of allylic oxidation sites excluding steroid dienone is 1. The Morgan fingerprint density at radius 3 is 2.73 bits per heavy atom. The summed E-state index contributed by atoms with van der Waals surface area (Å²) in [5.74, 6) is 1.14. The van der Waals surface area contributed by atoms with Gasteiger partial charge in [-0.3, -0.25) is 4.79 Å². The molecule has 0 amide bonds. The summed E-state index contributed by atoms with van der Waals surface area (Å²) in [6.45, 7) is 9.23. The molecule has 2 unspecified atom stereocenters. The average molecular weight is 310 g/mol. The summed E-state index contributed by atoms with van der Waals surface area (Å²) in [5, 5.41) is 10.5. The van der Waals surface area contributed by atoms with Crippen LogP contribution in [0.15, 0.2) is 11.6 Å². The lowest BCUT2D eigenvalue weighted by Gasteiger charge is -2.18. The molecule has 0 radical (unpaired) electrons. The molecule has 128 valence electrons. The van der Waals surface area contributed by atoms with Crippen LogP contribution in [0.1, 0.15) is 79.1 Å². The summed E-state index contributed by atoms with van der Waals surface area (Å²) in [6.07, 6.45) is 9.26. The minimum absolute atomic E-state index is 0.0955. The van der Waals surface area contributed by atoms with E-state index in [-0.39, 0.29) is 12.4 Å². The molecule has 0 aliphatic heterocycles. The molecule has 1 aliphatic rings. The number of carbonyl (C=O) groups excluding carboxylic acids is 1. The van der Waals surface area contributed by atoms with Crippen molar-refractivity contribution in [2.75, 3.05) is 6.61 Å². The van der Waals surface area contributed by atoms with Gasteiger partial charge in [0, 0.05) is 0 Å². The highest BCUT2D eigenvalue weighted by molar-refractivity contribution is 5.71. The van der Waals surface area contributed by atoms with E-state index in [1.54, 1.807) is 0 Å². The summed E-state index contributed by atoms with van der Waals surface area (Å²) >= 11 is 0. The molecule has 0 saturated heterocycles. The molecule has 2 atom stereocenters. The van der Waals surface area contributed by atoms with Crippen LogP contribution >= 0.6 is 0 Å². The predicted molar refractivity (Wildman–Crippen MR) is 90.6 cm³/mol. The highest BCUT2D eigenvalue weighted by atomic mass is 16.5. The Morgan fingerprint density at radius 2 is 2.09 bits per heavy atom. The van der Waals surface area contributed by atoms with Crippen molar-refractivity contribution in [3.05, 3.63) is 11.6 Å². The second-order valence-electron chi connectivity index (χ2n) is 7.44. The average Bonchev–Trinajstić information content (AvgIpc) is 2.76. The van der Waals surface area contributed by atoms with E-state index in [0.717, 1.165) is 25.2 Å². The molecular formula is C19H34O3. The Bertz CT molecular complexity index is 373. The van der Waals surface area contributed by atoms with Crippen LogP contribution in [-0.2, 0) is 9.53 Å². The van der Waals surface area contributed by atoms with E-state index < -0.39 is 5.60 Å². The van der Waals surface area contributed by atoms with Gasteiger partial charge in [-0.15, -0.1) is 0 Å². The Morgan fingerprint density at radius 1 is 1.36 bits per heavy atom. The first-order valence-corrected chi connectivity index (χ1v) is 8.93. The Hall–Kier alpha value is -0.830. The van der Waals surface area contributed by atoms with E-state index in [4.69, 9.17) is 4.74 Å². The maximum atomic E-state index is 11.7. The highest BCUT2D eigenvalue weighted by Crippen LogP contribution is 2.35. The number of hydrogen-bond acceptors (Lipinski definition) is 3. The van der Waals surface area contributed by atoms with Crippen molar-refractivity contribution >= 4 is 5.97 Å². The van der Waals surface area contributed by atoms with Crippen molar-refractivity contribution in [2.45, 2.75) is 84.7 Å². The third kappa shape index (κ3) is 7.44. The monoisotopic (exact) mass is 310 g/mol. The number of ether oxygens (including phenoxy) is 1. The van der Waals surface area contributed by atoms with Gasteiger partial charge in [0.15, 0.2) is 0 Å². The van der Waals surface area contributed by atoms with Crippen molar-refractivity contribution in [3.8, 4) is 0 Å². The van der Waals surface area contributed by atoms with Crippen LogP contribution in [0.5, 0.6) is 0 Å². The van der Waals surface area contributed by atoms with E-state index in [1.807, 2.05) is 13.0 Å². The molecule has 1 aliphatic carbocycles. The van der Waals surface area contributed by atoms with Crippen LogP contribution in [0.4, 0.5) is 0 Å². The molecule has 3 heteroatoms. The highest BCUT2D eigenvalue weighted by Gasteiger charge is 2.33. The third-order valence-corrected chi connectivity index (χ3v) is 4.36. The third-order valence-electron chi connectivity index (χ3n) is 4.36. The van der Waals surface area contributed by atoms with Crippen LogP contribution in [0.2, 0.25) is 0 Å². The van der Waals surface area contributed by atoms with Crippen LogP contribution in [0.25, 0.3) is 0 Å². The van der Waals surface area contributed by atoms with Gasteiger partial charge in [-0.1, -0.05) is 58.6 Å². The molecule has 0 fully saturated rings.